The Morgan fingerprint density at radius 2 is 2.11 bits per heavy atom. The Labute approximate surface area is 114 Å². The van der Waals surface area contributed by atoms with Crippen molar-refractivity contribution in [2.45, 2.75) is 44.7 Å². The van der Waals surface area contributed by atoms with Crippen molar-refractivity contribution in [3.63, 3.8) is 0 Å². The zero-order valence-electron chi connectivity index (χ0n) is 11.4. The number of aromatic nitrogens is 1. The molecule has 19 heavy (non-hydrogen) atoms. The molecular weight excluding hydrogens is 234 g/mol. The number of nitrogens with one attached hydrogen (secondary N) is 1. The van der Waals surface area contributed by atoms with Gasteiger partial charge >= 0.3 is 0 Å². The first-order valence-corrected chi connectivity index (χ1v) is 7.12. The summed E-state index contributed by atoms with van der Waals surface area (Å²) in [4.78, 5) is 4.69. The largest absolute Gasteiger partial charge is 0.398 e. The molecule has 0 bridgehead atoms. The number of fused-ring (bicyclic) bond motifs is 1. The van der Waals surface area contributed by atoms with Gasteiger partial charge in [-0.15, -0.1) is 0 Å². The van der Waals surface area contributed by atoms with Crippen LogP contribution in [0.1, 0.15) is 38.3 Å². The molecule has 0 radical (unpaired) electrons. The van der Waals surface area contributed by atoms with Crippen LogP contribution in [0.25, 0.3) is 10.9 Å². The maximum atomic E-state index is 6.11. The van der Waals surface area contributed by atoms with E-state index in [1.165, 1.54) is 25.7 Å². The van der Waals surface area contributed by atoms with Gasteiger partial charge in [0.05, 0.1) is 11.2 Å². The van der Waals surface area contributed by atoms with E-state index in [1.807, 2.05) is 30.3 Å². The summed E-state index contributed by atoms with van der Waals surface area (Å²) in [6, 6.07) is 10.0. The van der Waals surface area contributed by atoms with Crippen LogP contribution in [0.4, 0.5) is 5.69 Å². The molecule has 0 saturated heterocycles. The third-order valence-electron chi connectivity index (χ3n) is 4.43. The number of nitrogens with zero attached hydrogens (tertiary/aromatic N) is 1. The number of nitrogen functional groups attached to an aromatic ring is 1. The molecule has 3 nitrogen and oxygen atoms in total. The van der Waals surface area contributed by atoms with Crippen molar-refractivity contribution in [2.75, 3.05) is 5.73 Å². The number of para-hydroxylation sites is 1. The minimum Gasteiger partial charge on any atom is -0.398 e. The van der Waals surface area contributed by atoms with Crippen LogP contribution in [-0.4, -0.2) is 10.5 Å². The van der Waals surface area contributed by atoms with E-state index in [9.17, 15) is 0 Å². The van der Waals surface area contributed by atoms with Crippen LogP contribution in [0.15, 0.2) is 30.3 Å². The number of hydrogen-bond acceptors (Lipinski definition) is 3. The summed E-state index contributed by atoms with van der Waals surface area (Å²) < 4.78 is 0. The first kappa shape index (κ1) is 12.4. The van der Waals surface area contributed by atoms with Crippen molar-refractivity contribution in [1.82, 2.24) is 10.3 Å². The summed E-state index contributed by atoms with van der Waals surface area (Å²) >= 11 is 0. The van der Waals surface area contributed by atoms with Gasteiger partial charge in [0, 0.05) is 23.2 Å². The van der Waals surface area contributed by atoms with E-state index in [1.54, 1.807) is 0 Å². The minimum atomic E-state index is 0.349. The number of benzene rings is 1. The lowest BCUT2D eigenvalue weighted by Gasteiger charge is -2.42. The Hall–Kier alpha value is -1.61. The standard InChI is InChI=1S/C16H21N3/c1-2-16(8-5-9-16)18-11-12-10-14(17)13-6-3-4-7-15(13)19-12/h3-4,6-7,10,18H,2,5,8-9,11H2,1H3,(H2,17,19). The maximum absolute atomic E-state index is 6.11. The number of rotatable bonds is 4. The third kappa shape index (κ3) is 2.30. The van der Waals surface area contributed by atoms with Gasteiger partial charge in [0.25, 0.3) is 0 Å². The number of pyridine rings is 1. The highest BCUT2D eigenvalue weighted by atomic mass is 15.0. The molecule has 0 aliphatic heterocycles. The van der Waals surface area contributed by atoms with Crippen molar-refractivity contribution in [2.24, 2.45) is 0 Å². The molecule has 1 saturated carbocycles. The summed E-state index contributed by atoms with van der Waals surface area (Å²) in [5.74, 6) is 0. The number of nitrogens with two attached hydrogens (primary N) is 1. The maximum Gasteiger partial charge on any atom is 0.0726 e. The first-order chi connectivity index (χ1) is 9.22. The lowest BCUT2D eigenvalue weighted by atomic mass is 9.75. The van der Waals surface area contributed by atoms with E-state index in [0.717, 1.165) is 28.8 Å². The van der Waals surface area contributed by atoms with Crippen molar-refractivity contribution >= 4 is 16.6 Å². The summed E-state index contributed by atoms with van der Waals surface area (Å²) in [6.45, 7) is 3.07. The first-order valence-electron chi connectivity index (χ1n) is 7.12. The Morgan fingerprint density at radius 1 is 1.32 bits per heavy atom. The van der Waals surface area contributed by atoms with Crippen molar-refractivity contribution in [1.29, 1.82) is 0 Å². The summed E-state index contributed by atoms with van der Waals surface area (Å²) in [6.07, 6.45) is 5.10. The van der Waals surface area contributed by atoms with E-state index in [4.69, 9.17) is 5.73 Å². The van der Waals surface area contributed by atoms with Crippen molar-refractivity contribution in [3.05, 3.63) is 36.0 Å². The molecule has 100 valence electrons. The fourth-order valence-electron chi connectivity index (χ4n) is 2.89. The molecule has 0 atom stereocenters. The molecule has 0 spiro atoms. The van der Waals surface area contributed by atoms with Crippen molar-refractivity contribution < 1.29 is 0 Å². The van der Waals surface area contributed by atoms with Gasteiger partial charge in [0.15, 0.2) is 0 Å². The zero-order chi connectivity index (χ0) is 13.3. The minimum absolute atomic E-state index is 0.349. The van der Waals surface area contributed by atoms with Crippen LogP contribution in [0.3, 0.4) is 0 Å². The lowest BCUT2D eigenvalue weighted by molar-refractivity contribution is 0.175. The quantitative estimate of drug-likeness (QED) is 0.881. The number of anilines is 1. The normalized spacial score (nSPS) is 17.3. The third-order valence-corrected chi connectivity index (χ3v) is 4.43. The van der Waals surface area contributed by atoms with E-state index in [0.29, 0.717) is 5.54 Å². The average Bonchev–Trinajstić information content (AvgIpc) is 2.38. The molecule has 1 aliphatic carbocycles. The van der Waals surface area contributed by atoms with Gasteiger partial charge in [-0.1, -0.05) is 25.1 Å². The van der Waals surface area contributed by atoms with Gasteiger partial charge in [0.1, 0.15) is 0 Å². The van der Waals surface area contributed by atoms with Crippen LogP contribution in [0.2, 0.25) is 0 Å². The van der Waals surface area contributed by atoms with E-state index >= 15 is 0 Å². The van der Waals surface area contributed by atoms with Gasteiger partial charge in [-0.2, -0.15) is 0 Å². The monoisotopic (exact) mass is 255 g/mol. The fraction of sp³-hybridized carbons (Fsp3) is 0.438. The molecule has 3 rings (SSSR count). The summed E-state index contributed by atoms with van der Waals surface area (Å²) in [5.41, 5.74) is 9.30. The predicted octanol–water partition coefficient (Wildman–Crippen LogP) is 3.24. The summed E-state index contributed by atoms with van der Waals surface area (Å²) in [5, 5.41) is 4.71. The second-order valence-corrected chi connectivity index (χ2v) is 5.56. The van der Waals surface area contributed by atoms with E-state index < -0.39 is 0 Å². The van der Waals surface area contributed by atoms with Crippen LogP contribution in [-0.2, 0) is 6.54 Å². The molecule has 3 N–H and O–H groups in total. The number of hydrogen-bond donors (Lipinski definition) is 2. The van der Waals surface area contributed by atoms with Crippen LogP contribution in [0, 0.1) is 0 Å². The molecule has 2 aromatic rings. The molecular formula is C16H21N3. The second kappa shape index (κ2) is 4.82. The molecule has 3 heteroatoms. The highest BCUT2D eigenvalue weighted by Gasteiger charge is 2.34. The SMILES string of the molecule is CCC1(NCc2cc(N)c3ccccc3n2)CCC1. The molecule has 1 heterocycles. The van der Waals surface area contributed by atoms with Gasteiger partial charge in [-0.05, 0) is 37.8 Å². The molecule has 1 aromatic heterocycles. The highest BCUT2D eigenvalue weighted by molar-refractivity contribution is 5.90. The topological polar surface area (TPSA) is 50.9 Å². The fourth-order valence-corrected chi connectivity index (χ4v) is 2.89. The van der Waals surface area contributed by atoms with Gasteiger partial charge < -0.3 is 11.1 Å². The molecule has 0 unspecified atom stereocenters. The Bertz CT molecular complexity index is 582. The molecule has 1 fully saturated rings. The zero-order valence-corrected chi connectivity index (χ0v) is 11.4. The average molecular weight is 255 g/mol. The molecule has 0 amide bonds. The molecule has 1 aromatic carbocycles. The predicted molar refractivity (Wildman–Crippen MR) is 79.9 cm³/mol. The van der Waals surface area contributed by atoms with E-state index in [-0.39, 0.29) is 0 Å². The Kier molecular flexibility index (Phi) is 3.15. The van der Waals surface area contributed by atoms with Gasteiger partial charge in [-0.25, -0.2) is 0 Å². The smallest absolute Gasteiger partial charge is 0.0726 e. The van der Waals surface area contributed by atoms with Gasteiger partial charge in [0.2, 0.25) is 0 Å². The lowest BCUT2D eigenvalue weighted by Crippen LogP contribution is -2.49. The summed E-state index contributed by atoms with van der Waals surface area (Å²) in [7, 11) is 0. The van der Waals surface area contributed by atoms with Crippen LogP contribution < -0.4 is 11.1 Å². The second-order valence-electron chi connectivity index (χ2n) is 5.56. The van der Waals surface area contributed by atoms with E-state index in [2.05, 4.69) is 17.2 Å². The van der Waals surface area contributed by atoms with Crippen LogP contribution >= 0.6 is 0 Å². The van der Waals surface area contributed by atoms with Crippen molar-refractivity contribution in [3.8, 4) is 0 Å². The highest BCUT2D eigenvalue weighted by Crippen LogP contribution is 2.34. The Morgan fingerprint density at radius 3 is 2.79 bits per heavy atom. The van der Waals surface area contributed by atoms with Gasteiger partial charge in [-0.3, -0.25) is 4.98 Å². The molecule has 1 aliphatic rings. The van der Waals surface area contributed by atoms with Crippen LogP contribution in [0.5, 0.6) is 0 Å². The Balaban J connectivity index is 1.81.